The van der Waals surface area contributed by atoms with Crippen molar-refractivity contribution < 1.29 is 48.0 Å². The molecule has 0 aliphatic heterocycles. The lowest BCUT2D eigenvalue weighted by atomic mass is 9.86. The van der Waals surface area contributed by atoms with Crippen LogP contribution < -0.4 is 15.2 Å². The Morgan fingerprint density at radius 2 is 1.45 bits per heavy atom. The average molecular weight is 594 g/mol. The SMILES string of the molecule is CCCCCOC(=O)Oc1ccc(C(CC(C)OC(=O)C2CCCCC2)[C@H](N)C(=O)O)cc1OC(=O)OCCCCC. The smallest absolute Gasteiger partial charge is 0.480 e. The quantitative estimate of drug-likeness (QED) is 0.0878. The number of rotatable bonds is 17. The van der Waals surface area contributed by atoms with Crippen molar-refractivity contribution in [1.29, 1.82) is 0 Å². The lowest BCUT2D eigenvalue weighted by Crippen LogP contribution is -2.38. The van der Waals surface area contributed by atoms with E-state index in [4.69, 9.17) is 29.4 Å². The number of benzene rings is 1. The molecule has 1 aromatic rings. The summed E-state index contributed by atoms with van der Waals surface area (Å²) in [6, 6.07) is 2.94. The summed E-state index contributed by atoms with van der Waals surface area (Å²) in [5, 5.41) is 9.74. The highest BCUT2D eigenvalue weighted by Gasteiger charge is 2.31. The zero-order valence-electron chi connectivity index (χ0n) is 25.1. The van der Waals surface area contributed by atoms with E-state index in [-0.39, 0.29) is 43.0 Å². The molecule has 1 fully saturated rings. The standard InChI is InChI=1S/C31H47NO10/c1-4-6-11-17-38-30(36)41-25-16-15-23(20-26(25)42-31(37)39-18-12-7-5-2)24(27(32)28(33)34)19-21(3)40-29(35)22-13-9-8-10-14-22/h15-16,20-22,24,27H,4-14,17-19,32H2,1-3H3,(H,33,34)/t21?,24?,27-/m0/s1. The minimum atomic E-state index is -1.36. The van der Waals surface area contributed by atoms with Gasteiger partial charge in [0.15, 0.2) is 11.5 Å². The van der Waals surface area contributed by atoms with Crippen molar-refractivity contribution >= 4 is 24.2 Å². The zero-order valence-corrected chi connectivity index (χ0v) is 25.1. The molecule has 3 atom stereocenters. The van der Waals surface area contributed by atoms with Crippen molar-refractivity contribution in [3.63, 3.8) is 0 Å². The molecular formula is C31H47NO10. The van der Waals surface area contributed by atoms with Crippen LogP contribution in [0.15, 0.2) is 18.2 Å². The first kappa shape index (κ1) is 34.9. The Bertz CT molecular complexity index is 1010. The Kier molecular flexibility index (Phi) is 15.7. The third-order valence-electron chi connectivity index (χ3n) is 7.28. The van der Waals surface area contributed by atoms with Gasteiger partial charge in [0.1, 0.15) is 6.04 Å². The summed E-state index contributed by atoms with van der Waals surface area (Å²) in [6.07, 6.45) is 7.11. The van der Waals surface area contributed by atoms with Gasteiger partial charge in [-0.3, -0.25) is 9.59 Å². The second kappa shape index (κ2) is 19.0. The molecule has 3 N–H and O–H groups in total. The van der Waals surface area contributed by atoms with Crippen molar-refractivity contribution in [2.75, 3.05) is 13.2 Å². The van der Waals surface area contributed by atoms with Crippen LogP contribution in [0.2, 0.25) is 0 Å². The fourth-order valence-corrected chi connectivity index (χ4v) is 4.87. The molecule has 0 heterocycles. The number of hydrogen-bond donors (Lipinski definition) is 2. The normalized spacial score (nSPS) is 15.6. The third kappa shape index (κ3) is 12.3. The molecule has 0 amide bonds. The molecule has 0 radical (unpaired) electrons. The molecule has 0 spiro atoms. The molecule has 0 saturated heterocycles. The van der Waals surface area contributed by atoms with Gasteiger partial charge in [-0.2, -0.15) is 0 Å². The number of carbonyl (C=O) groups is 4. The molecule has 42 heavy (non-hydrogen) atoms. The van der Waals surface area contributed by atoms with Crippen LogP contribution in [0.1, 0.15) is 109 Å². The van der Waals surface area contributed by atoms with Gasteiger partial charge in [-0.1, -0.05) is 64.9 Å². The highest BCUT2D eigenvalue weighted by atomic mass is 16.7. The summed E-state index contributed by atoms with van der Waals surface area (Å²) in [5.74, 6) is -2.79. The van der Waals surface area contributed by atoms with E-state index in [1.807, 2.05) is 13.8 Å². The Morgan fingerprint density at radius 1 is 0.881 bits per heavy atom. The van der Waals surface area contributed by atoms with Crippen LogP contribution in [0.4, 0.5) is 9.59 Å². The Hall–Kier alpha value is -3.34. The van der Waals surface area contributed by atoms with Crippen LogP contribution >= 0.6 is 0 Å². The highest BCUT2D eigenvalue weighted by Crippen LogP contribution is 2.35. The maximum atomic E-state index is 12.7. The molecule has 11 nitrogen and oxygen atoms in total. The summed E-state index contributed by atoms with van der Waals surface area (Å²) in [6.45, 7) is 6.06. The molecule has 0 bridgehead atoms. The second-order valence-corrected chi connectivity index (χ2v) is 10.8. The number of carbonyl (C=O) groups excluding carboxylic acids is 3. The van der Waals surface area contributed by atoms with Crippen LogP contribution in [-0.4, -0.2) is 54.7 Å². The maximum absolute atomic E-state index is 12.7. The second-order valence-electron chi connectivity index (χ2n) is 10.8. The first-order valence-corrected chi connectivity index (χ1v) is 15.2. The number of hydrogen-bond acceptors (Lipinski definition) is 10. The Morgan fingerprint density at radius 3 is 2.00 bits per heavy atom. The number of unbranched alkanes of at least 4 members (excludes halogenated alkanes) is 4. The predicted octanol–water partition coefficient (Wildman–Crippen LogP) is 6.50. The largest absolute Gasteiger partial charge is 0.513 e. The van der Waals surface area contributed by atoms with E-state index in [0.29, 0.717) is 18.4 Å². The van der Waals surface area contributed by atoms with Gasteiger partial charge >= 0.3 is 24.2 Å². The topological polar surface area (TPSA) is 161 Å². The molecule has 0 aromatic heterocycles. The lowest BCUT2D eigenvalue weighted by Gasteiger charge is -2.27. The maximum Gasteiger partial charge on any atom is 0.513 e. The summed E-state index contributed by atoms with van der Waals surface area (Å²) in [4.78, 5) is 49.4. The fourth-order valence-electron chi connectivity index (χ4n) is 4.87. The van der Waals surface area contributed by atoms with Crippen LogP contribution in [0.5, 0.6) is 11.5 Å². The predicted molar refractivity (Wildman–Crippen MR) is 155 cm³/mol. The number of aliphatic carboxylic acids is 1. The third-order valence-corrected chi connectivity index (χ3v) is 7.28. The number of ether oxygens (including phenoxy) is 5. The first-order valence-electron chi connectivity index (χ1n) is 15.2. The summed E-state index contributed by atoms with van der Waals surface area (Å²) in [7, 11) is 0. The molecule has 2 unspecified atom stereocenters. The minimum absolute atomic E-state index is 0.104. The average Bonchev–Trinajstić information content (AvgIpc) is 2.97. The van der Waals surface area contributed by atoms with Gasteiger partial charge in [-0.25, -0.2) is 9.59 Å². The van der Waals surface area contributed by atoms with Gasteiger partial charge in [0.2, 0.25) is 0 Å². The molecule has 2 rings (SSSR count). The molecule has 1 aliphatic rings. The highest BCUT2D eigenvalue weighted by molar-refractivity contribution is 5.75. The molecule has 1 aromatic carbocycles. The molecular weight excluding hydrogens is 546 g/mol. The van der Waals surface area contributed by atoms with E-state index in [2.05, 4.69) is 0 Å². The van der Waals surface area contributed by atoms with Gasteiger partial charge in [0.05, 0.1) is 25.2 Å². The summed E-state index contributed by atoms with van der Waals surface area (Å²) >= 11 is 0. The van der Waals surface area contributed by atoms with Crippen LogP contribution in [0, 0.1) is 5.92 Å². The van der Waals surface area contributed by atoms with Crippen molar-refractivity contribution in [2.24, 2.45) is 11.7 Å². The van der Waals surface area contributed by atoms with E-state index < -0.39 is 36.3 Å². The molecule has 11 heteroatoms. The number of carboxylic acid groups (broad SMARTS) is 1. The van der Waals surface area contributed by atoms with Crippen LogP contribution in [0.3, 0.4) is 0 Å². The van der Waals surface area contributed by atoms with E-state index in [9.17, 15) is 24.3 Å². The summed E-state index contributed by atoms with van der Waals surface area (Å²) in [5.41, 5.74) is 6.47. The minimum Gasteiger partial charge on any atom is -0.480 e. The van der Waals surface area contributed by atoms with Crippen molar-refractivity contribution in [3.05, 3.63) is 23.8 Å². The van der Waals surface area contributed by atoms with Gasteiger partial charge in [-0.15, -0.1) is 0 Å². The van der Waals surface area contributed by atoms with Gasteiger partial charge in [0.25, 0.3) is 0 Å². The molecule has 1 saturated carbocycles. The molecule has 236 valence electrons. The van der Waals surface area contributed by atoms with Gasteiger partial charge < -0.3 is 34.5 Å². The summed E-state index contributed by atoms with van der Waals surface area (Å²) < 4.78 is 26.6. The monoisotopic (exact) mass is 593 g/mol. The fraction of sp³-hybridized carbons (Fsp3) is 0.677. The van der Waals surface area contributed by atoms with Gasteiger partial charge in [-0.05, 0) is 56.7 Å². The Balaban J connectivity index is 2.25. The lowest BCUT2D eigenvalue weighted by molar-refractivity contribution is -0.155. The van der Waals surface area contributed by atoms with E-state index in [1.54, 1.807) is 6.92 Å². The van der Waals surface area contributed by atoms with Crippen LogP contribution in [-0.2, 0) is 23.8 Å². The van der Waals surface area contributed by atoms with Crippen LogP contribution in [0.25, 0.3) is 0 Å². The first-order chi connectivity index (χ1) is 20.2. The van der Waals surface area contributed by atoms with Gasteiger partial charge in [0, 0.05) is 5.92 Å². The number of nitrogens with two attached hydrogens (primary N) is 1. The van der Waals surface area contributed by atoms with Crippen molar-refractivity contribution in [3.8, 4) is 11.5 Å². The van der Waals surface area contributed by atoms with Crippen molar-refractivity contribution in [2.45, 2.75) is 116 Å². The van der Waals surface area contributed by atoms with E-state index in [0.717, 1.165) is 57.8 Å². The number of esters is 1. The number of carboxylic acids is 1. The molecule has 1 aliphatic carbocycles. The Labute approximate surface area is 248 Å². The zero-order chi connectivity index (χ0) is 30.9. The van der Waals surface area contributed by atoms with Crippen molar-refractivity contribution in [1.82, 2.24) is 0 Å². The van der Waals surface area contributed by atoms with E-state index >= 15 is 0 Å². The van der Waals surface area contributed by atoms with E-state index in [1.165, 1.54) is 18.2 Å².